The maximum atomic E-state index is 11.9. The summed E-state index contributed by atoms with van der Waals surface area (Å²) in [5, 5.41) is 2.88. The van der Waals surface area contributed by atoms with E-state index in [1.54, 1.807) is 0 Å². The molecule has 1 aliphatic heterocycles. The average molecular weight is 290 g/mol. The molecule has 1 aromatic rings. The number of rotatable bonds is 4. The number of hydrogen-bond donors (Lipinski definition) is 2. The van der Waals surface area contributed by atoms with Gasteiger partial charge in [-0.05, 0) is 43.5 Å². The van der Waals surface area contributed by atoms with Crippen molar-refractivity contribution in [1.29, 1.82) is 0 Å². The second kappa shape index (κ2) is 5.66. The van der Waals surface area contributed by atoms with E-state index in [4.69, 9.17) is 15.2 Å². The summed E-state index contributed by atoms with van der Waals surface area (Å²) in [4.78, 5) is 11.9. The van der Waals surface area contributed by atoms with Crippen molar-refractivity contribution in [2.75, 3.05) is 18.5 Å². The zero-order valence-corrected chi connectivity index (χ0v) is 12.4. The molecule has 0 bridgehead atoms. The maximum absolute atomic E-state index is 11.9. The standard InChI is InChI=1S/C16H22N2O3/c1-11-10-12(18-15(19)16(17)6-7-16)2-3-14(11)21-13-4-8-20-9-5-13/h2-3,10,13H,4-9,17H2,1H3,(H,18,19). The molecule has 0 unspecified atom stereocenters. The van der Waals surface area contributed by atoms with Gasteiger partial charge in [-0.1, -0.05) is 0 Å². The third kappa shape index (κ3) is 3.36. The van der Waals surface area contributed by atoms with Crippen molar-refractivity contribution in [1.82, 2.24) is 0 Å². The highest BCUT2D eigenvalue weighted by atomic mass is 16.5. The molecule has 0 spiro atoms. The topological polar surface area (TPSA) is 73.6 Å². The van der Waals surface area contributed by atoms with E-state index in [0.717, 1.165) is 55.9 Å². The van der Waals surface area contributed by atoms with Gasteiger partial charge in [0, 0.05) is 18.5 Å². The molecule has 0 atom stereocenters. The molecule has 114 valence electrons. The molecule has 1 aliphatic carbocycles. The number of amides is 1. The molecule has 1 amide bonds. The van der Waals surface area contributed by atoms with Gasteiger partial charge in [0.15, 0.2) is 0 Å². The summed E-state index contributed by atoms with van der Waals surface area (Å²) in [6, 6.07) is 5.71. The second-order valence-electron chi connectivity index (χ2n) is 6.02. The fourth-order valence-corrected chi connectivity index (χ4v) is 2.45. The van der Waals surface area contributed by atoms with Crippen LogP contribution in [0, 0.1) is 6.92 Å². The van der Waals surface area contributed by atoms with Crippen LogP contribution in [0.25, 0.3) is 0 Å². The largest absolute Gasteiger partial charge is 0.490 e. The smallest absolute Gasteiger partial charge is 0.244 e. The Kier molecular flexibility index (Phi) is 3.87. The van der Waals surface area contributed by atoms with E-state index in [-0.39, 0.29) is 12.0 Å². The zero-order chi connectivity index (χ0) is 14.9. The predicted molar refractivity (Wildman–Crippen MR) is 80.4 cm³/mol. The van der Waals surface area contributed by atoms with Gasteiger partial charge in [0.1, 0.15) is 11.9 Å². The minimum atomic E-state index is -0.648. The molecule has 1 saturated heterocycles. The molecule has 0 aromatic heterocycles. The highest BCUT2D eigenvalue weighted by Gasteiger charge is 2.45. The predicted octanol–water partition coefficient (Wildman–Crippen LogP) is 1.98. The lowest BCUT2D eigenvalue weighted by molar-refractivity contribution is -0.118. The van der Waals surface area contributed by atoms with E-state index >= 15 is 0 Å². The zero-order valence-electron chi connectivity index (χ0n) is 12.4. The van der Waals surface area contributed by atoms with Gasteiger partial charge >= 0.3 is 0 Å². The number of aryl methyl sites for hydroxylation is 1. The fourth-order valence-electron chi connectivity index (χ4n) is 2.45. The number of nitrogens with two attached hydrogens (primary N) is 1. The van der Waals surface area contributed by atoms with Crippen LogP contribution in [0.2, 0.25) is 0 Å². The summed E-state index contributed by atoms with van der Waals surface area (Å²) in [7, 11) is 0. The lowest BCUT2D eigenvalue weighted by Crippen LogP contribution is -2.37. The molecule has 1 aromatic carbocycles. The van der Waals surface area contributed by atoms with E-state index in [1.165, 1.54) is 0 Å². The SMILES string of the molecule is Cc1cc(NC(=O)C2(N)CC2)ccc1OC1CCOCC1. The Hall–Kier alpha value is -1.59. The maximum Gasteiger partial charge on any atom is 0.244 e. The van der Waals surface area contributed by atoms with E-state index in [2.05, 4.69) is 5.32 Å². The van der Waals surface area contributed by atoms with Crippen molar-refractivity contribution >= 4 is 11.6 Å². The summed E-state index contributed by atoms with van der Waals surface area (Å²) in [6.07, 6.45) is 3.60. The number of carbonyl (C=O) groups excluding carboxylic acids is 1. The molecule has 2 aliphatic rings. The Labute approximate surface area is 124 Å². The van der Waals surface area contributed by atoms with Crippen LogP contribution in [0.4, 0.5) is 5.69 Å². The molecular weight excluding hydrogens is 268 g/mol. The van der Waals surface area contributed by atoms with Crippen molar-refractivity contribution in [2.24, 2.45) is 5.73 Å². The number of hydrogen-bond acceptors (Lipinski definition) is 4. The highest BCUT2D eigenvalue weighted by molar-refractivity contribution is 6.00. The Bertz CT molecular complexity index is 534. The van der Waals surface area contributed by atoms with Crippen molar-refractivity contribution in [3.05, 3.63) is 23.8 Å². The van der Waals surface area contributed by atoms with E-state index < -0.39 is 5.54 Å². The Morgan fingerprint density at radius 3 is 2.71 bits per heavy atom. The van der Waals surface area contributed by atoms with Crippen LogP contribution in [-0.4, -0.2) is 30.8 Å². The number of ether oxygens (including phenoxy) is 2. The lowest BCUT2D eigenvalue weighted by Gasteiger charge is -2.24. The van der Waals surface area contributed by atoms with E-state index in [0.29, 0.717) is 0 Å². The minimum absolute atomic E-state index is 0.0972. The van der Waals surface area contributed by atoms with Gasteiger partial charge in [-0.2, -0.15) is 0 Å². The van der Waals surface area contributed by atoms with Gasteiger partial charge in [0.05, 0.1) is 18.8 Å². The van der Waals surface area contributed by atoms with E-state index in [1.807, 2.05) is 25.1 Å². The van der Waals surface area contributed by atoms with Crippen LogP contribution in [0.3, 0.4) is 0 Å². The quantitative estimate of drug-likeness (QED) is 0.889. The first-order valence-electron chi connectivity index (χ1n) is 7.52. The Balaban J connectivity index is 1.63. The third-order valence-electron chi connectivity index (χ3n) is 4.14. The molecule has 3 N–H and O–H groups in total. The van der Waals surface area contributed by atoms with Crippen LogP contribution >= 0.6 is 0 Å². The molecular formula is C16H22N2O3. The average Bonchev–Trinajstić information content (AvgIpc) is 3.22. The van der Waals surface area contributed by atoms with Gasteiger partial charge < -0.3 is 20.5 Å². The molecule has 2 fully saturated rings. The van der Waals surface area contributed by atoms with E-state index in [9.17, 15) is 4.79 Å². The van der Waals surface area contributed by atoms with Crippen molar-refractivity contribution in [3.8, 4) is 5.75 Å². The molecule has 21 heavy (non-hydrogen) atoms. The van der Waals surface area contributed by atoms with Crippen molar-refractivity contribution < 1.29 is 14.3 Å². The number of carbonyl (C=O) groups is 1. The Morgan fingerprint density at radius 1 is 1.38 bits per heavy atom. The number of benzene rings is 1. The highest BCUT2D eigenvalue weighted by Crippen LogP contribution is 2.34. The molecule has 1 saturated carbocycles. The minimum Gasteiger partial charge on any atom is -0.490 e. The first-order chi connectivity index (χ1) is 10.1. The Morgan fingerprint density at radius 2 is 2.10 bits per heavy atom. The number of nitrogens with one attached hydrogen (secondary N) is 1. The van der Waals surface area contributed by atoms with Gasteiger partial charge in [0.25, 0.3) is 0 Å². The monoisotopic (exact) mass is 290 g/mol. The van der Waals surface area contributed by atoms with Gasteiger partial charge in [-0.15, -0.1) is 0 Å². The number of anilines is 1. The summed E-state index contributed by atoms with van der Waals surface area (Å²) >= 11 is 0. The first kappa shape index (κ1) is 14.4. The third-order valence-corrected chi connectivity index (χ3v) is 4.14. The first-order valence-corrected chi connectivity index (χ1v) is 7.52. The van der Waals surface area contributed by atoms with Crippen LogP contribution in [-0.2, 0) is 9.53 Å². The van der Waals surface area contributed by atoms with Crippen LogP contribution in [0.15, 0.2) is 18.2 Å². The summed E-state index contributed by atoms with van der Waals surface area (Å²) < 4.78 is 11.3. The molecule has 5 nitrogen and oxygen atoms in total. The summed E-state index contributed by atoms with van der Waals surface area (Å²) in [6.45, 7) is 3.51. The molecule has 3 rings (SSSR count). The van der Waals surface area contributed by atoms with Crippen LogP contribution < -0.4 is 15.8 Å². The van der Waals surface area contributed by atoms with Gasteiger partial charge in [-0.3, -0.25) is 4.79 Å². The molecule has 0 radical (unpaired) electrons. The fraction of sp³-hybridized carbons (Fsp3) is 0.562. The normalized spacial score (nSPS) is 20.9. The van der Waals surface area contributed by atoms with Crippen LogP contribution in [0.1, 0.15) is 31.2 Å². The van der Waals surface area contributed by atoms with Gasteiger partial charge in [0.2, 0.25) is 5.91 Å². The molecule has 1 heterocycles. The van der Waals surface area contributed by atoms with Crippen LogP contribution in [0.5, 0.6) is 5.75 Å². The second-order valence-corrected chi connectivity index (χ2v) is 6.02. The summed E-state index contributed by atoms with van der Waals surface area (Å²) in [5.74, 6) is 0.772. The van der Waals surface area contributed by atoms with Crippen molar-refractivity contribution in [2.45, 2.75) is 44.2 Å². The molecule has 5 heteroatoms. The van der Waals surface area contributed by atoms with Crippen molar-refractivity contribution in [3.63, 3.8) is 0 Å². The summed E-state index contributed by atoms with van der Waals surface area (Å²) in [5.41, 5.74) is 7.02. The van der Waals surface area contributed by atoms with Gasteiger partial charge in [-0.25, -0.2) is 0 Å². The lowest BCUT2D eigenvalue weighted by atomic mass is 10.1.